The van der Waals surface area contributed by atoms with E-state index < -0.39 is 11.9 Å². The number of hydrogen-bond donors (Lipinski definition) is 2. The van der Waals surface area contributed by atoms with Crippen molar-refractivity contribution in [3.05, 3.63) is 35.8 Å². The lowest BCUT2D eigenvalue weighted by atomic mass is 9.79. The molecule has 1 unspecified atom stereocenters. The normalized spacial score (nSPS) is 24.8. The van der Waals surface area contributed by atoms with Crippen molar-refractivity contribution in [1.29, 1.82) is 0 Å². The highest BCUT2D eigenvalue weighted by molar-refractivity contribution is 8.14. The van der Waals surface area contributed by atoms with Gasteiger partial charge in [0.15, 0.2) is 12.4 Å². The third-order valence-electron chi connectivity index (χ3n) is 5.76. The van der Waals surface area contributed by atoms with E-state index in [0.29, 0.717) is 30.0 Å². The van der Waals surface area contributed by atoms with Crippen molar-refractivity contribution >= 4 is 34.7 Å². The summed E-state index contributed by atoms with van der Waals surface area (Å²) in [6.45, 7) is 2.28. The molecule has 3 atom stereocenters. The summed E-state index contributed by atoms with van der Waals surface area (Å²) in [5.41, 5.74) is 0.372. The van der Waals surface area contributed by atoms with Crippen molar-refractivity contribution < 1.29 is 34.0 Å². The third kappa shape index (κ3) is 3.27. The van der Waals surface area contributed by atoms with E-state index in [2.05, 4.69) is 0 Å². The molecule has 29 heavy (non-hydrogen) atoms. The molecular weight excluding hydrogens is 398 g/mol. The van der Waals surface area contributed by atoms with Gasteiger partial charge in [-0.2, -0.15) is 4.57 Å². The Labute approximate surface area is 170 Å². The van der Waals surface area contributed by atoms with E-state index in [0.717, 1.165) is 11.8 Å². The van der Waals surface area contributed by atoms with Crippen LogP contribution in [-0.2, 0) is 25.7 Å². The van der Waals surface area contributed by atoms with E-state index in [1.165, 1.54) is 11.5 Å². The molecule has 3 aliphatic rings. The van der Waals surface area contributed by atoms with Crippen LogP contribution in [0.3, 0.4) is 0 Å². The second-order valence-electron chi connectivity index (χ2n) is 7.37. The molecule has 10 heteroatoms. The number of piperidine rings is 1. The highest BCUT2D eigenvalue weighted by atomic mass is 32.2. The molecule has 0 spiro atoms. The second kappa shape index (κ2) is 7.18. The van der Waals surface area contributed by atoms with Gasteiger partial charge in [0.1, 0.15) is 5.70 Å². The van der Waals surface area contributed by atoms with Crippen LogP contribution >= 0.6 is 11.8 Å². The molecule has 2 fully saturated rings. The summed E-state index contributed by atoms with van der Waals surface area (Å²) in [4.78, 5) is 51.7. The molecule has 152 valence electrons. The Morgan fingerprint density at radius 2 is 1.90 bits per heavy atom. The molecule has 0 bridgehead atoms. The first kappa shape index (κ1) is 19.4. The molecular formula is C19H20N3O6S+. The van der Waals surface area contributed by atoms with Crippen LogP contribution in [0.15, 0.2) is 40.7 Å². The zero-order valence-corrected chi connectivity index (χ0v) is 16.5. The molecule has 4 heterocycles. The average molecular weight is 418 g/mol. The predicted octanol–water partition coefficient (Wildman–Crippen LogP) is -0.0491. The monoisotopic (exact) mass is 418 g/mol. The van der Waals surface area contributed by atoms with Gasteiger partial charge >= 0.3 is 11.9 Å². The van der Waals surface area contributed by atoms with Gasteiger partial charge in [0, 0.05) is 48.5 Å². The van der Waals surface area contributed by atoms with E-state index in [4.69, 9.17) is 5.11 Å². The fourth-order valence-corrected chi connectivity index (χ4v) is 5.41. The molecule has 4 rings (SSSR count). The first-order valence-corrected chi connectivity index (χ1v) is 10.0. The van der Waals surface area contributed by atoms with Crippen LogP contribution in [-0.4, -0.2) is 68.1 Å². The van der Waals surface area contributed by atoms with Gasteiger partial charge in [0.25, 0.3) is 0 Å². The Morgan fingerprint density at radius 1 is 1.21 bits per heavy atom. The molecule has 0 aliphatic carbocycles. The molecule has 9 nitrogen and oxygen atoms in total. The SMILES string of the molecule is CC(=O)N1CCC2C(C(=O)Sc3cc[n+](CC(=O)O)cc3)=C(C(=O)O)N3C[C@H]1[C@@H]23. The van der Waals surface area contributed by atoms with E-state index >= 15 is 0 Å². The first-order chi connectivity index (χ1) is 13.8. The minimum absolute atomic E-state index is 0.0296. The van der Waals surface area contributed by atoms with Crippen molar-refractivity contribution in [1.82, 2.24) is 9.80 Å². The van der Waals surface area contributed by atoms with Gasteiger partial charge in [0.2, 0.25) is 17.6 Å². The van der Waals surface area contributed by atoms with Crippen molar-refractivity contribution in [2.24, 2.45) is 5.92 Å². The van der Waals surface area contributed by atoms with Crippen LogP contribution in [0.2, 0.25) is 0 Å². The number of rotatable bonds is 5. The zero-order chi connectivity index (χ0) is 20.9. The number of thioether (sulfide) groups is 1. The van der Waals surface area contributed by atoms with Crippen molar-refractivity contribution in [3.63, 3.8) is 0 Å². The van der Waals surface area contributed by atoms with Crippen molar-refractivity contribution in [2.75, 3.05) is 13.1 Å². The topological polar surface area (TPSA) is 119 Å². The largest absolute Gasteiger partial charge is 0.477 e. The van der Waals surface area contributed by atoms with Crippen LogP contribution in [0.1, 0.15) is 13.3 Å². The summed E-state index contributed by atoms with van der Waals surface area (Å²) < 4.78 is 1.47. The quantitative estimate of drug-likeness (QED) is 0.505. The Balaban J connectivity index is 1.56. The number of aliphatic carboxylic acids is 2. The zero-order valence-electron chi connectivity index (χ0n) is 15.6. The van der Waals surface area contributed by atoms with Gasteiger partial charge < -0.3 is 20.0 Å². The van der Waals surface area contributed by atoms with Crippen LogP contribution in [0.5, 0.6) is 0 Å². The smallest absolute Gasteiger partial charge is 0.370 e. The van der Waals surface area contributed by atoms with Crippen molar-refractivity contribution in [2.45, 2.75) is 36.9 Å². The lowest BCUT2D eigenvalue weighted by Crippen LogP contribution is -2.70. The lowest BCUT2D eigenvalue weighted by molar-refractivity contribution is -0.686. The van der Waals surface area contributed by atoms with E-state index in [1.54, 1.807) is 34.3 Å². The molecule has 1 aromatic rings. The van der Waals surface area contributed by atoms with E-state index in [-0.39, 0.29) is 41.3 Å². The molecule has 3 aliphatic heterocycles. The number of carbonyl (C=O) groups is 4. The number of hydrogen-bond acceptors (Lipinski definition) is 6. The van der Waals surface area contributed by atoms with Gasteiger partial charge in [-0.3, -0.25) is 9.59 Å². The molecule has 0 aromatic carbocycles. The maximum atomic E-state index is 13.1. The Bertz CT molecular complexity index is 944. The second-order valence-corrected chi connectivity index (χ2v) is 8.42. The van der Waals surface area contributed by atoms with Gasteiger partial charge in [-0.1, -0.05) is 0 Å². The summed E-state index contributed by atoms with van der Waals surface area (Å²) >= 11 is 0.945. The molecule has 0 radical (unpaired) electrons. The lowest BCUT2D eigenvalue weighted by Gasteiger charge is -2.55. The summed E-state index contributed by atoms with van der Waals surface area (Å²) in [6, 6.07) is 3.07. The van der Waals surface area contributed by atoms with Crippen LogP contribution in [0.25, 0.3) is 0 Å². The maximum absolute atomic E-state index is 13.1. The number of carboxylic acids is 2. The number of carboxylic acid groups (broad SMARTS) is 2. The number of likely N-dealkylation sites (tertiary alicyclic amines) is 1. The standard InChI is InChI=1S/C19H19N3O6S/c1-10(23)21-7-4-12-15(17(18(26)27)22-8-13(21)16(12)22)19(28)29-11-2-5-20(6-3-11)9-14(24)25/h2-3,5-6,12-13,16H,4,7-9H2,1H3,(H-,24,25,26,27)/p+1/t12?,13-,16+/m0/s1. The van der Waals surface area contributed by atoms with E-state index in [1.807, 2.05) is 0 Å². The molecule has 1 amide bonds. The highest BCUT2D eigenvalue weighted by Crippen LogP contribution is 2.49. The van der Waals surface area contributed by atoms with Crippen LogP contribution in [0.4, 0.5) is 0 Å². The summed E-state index contributed by atoms with van der Waals surface area (Å²) in [7, 11) is 0. The Morgan fingerprint density at radius 3 is 2.48 bits per heavy atom. The molecule has 0 saturated carbocycles. The minimum atomic E-state index is -1.12. The van der Waals surface area contributed by atoms with Crippen molar-refractivity contribution in [3.8, 4) is 0 Å². The third-order valence-corrected chi connectivity index (χ3v) is 6.67. The first-order valence-electron chi connectivity index (χ1n) is 9.22. The van der Waals surface area contributed by atoms with Crippen LogP contribution < -0.4 is 4.57 Å². The summed E-state index contributed by atoms with van der Waals surface area (Å²) in [5, 5.41) is 18.3. The molecule has 2 saturated heterocycles. The number of pyridine rings is 1. The number of aromatic nitrogens is 1. The Hall–Kier alpha value is -2.88. The number of carbonyl (C=O) groups excluding carboxylic acids is 2. The van der Waals surface area contributed by atoms with Gasteiger partial charge in [-0.15, -0.1) is 0 Å². The molecule has 1 aromatic heterocycles. The molecule has 2 N–H and O–H groups in total. The predicted molar refractivity (Wildman–Crippen MR) is 99.6 cm³/mol. The van der Waals surface area contributed by atoms with Gasteiger partial charge in [-0.25, -0.2) is 9.59 Å². The van der Waals surface area contributed by atoms with E-state index in [9.17, 15) is 24.3 Å². The minimum Gasteiger partial charge on any atom is -0.477 e. The number of amides is 1. The van der Waals surface area contributed by atoms with Crippen LogP contribution in [0, 0.1) is 5.92 Å². The van der Waals surface area contributed by atoms with Gasteiger partial charge in [0.05, 0.1) is 12.1 Å². The van der Waals surface area contributed by atoms with Gasteiger partial charge in [-0.05, 0) is 18.2 Å². The number of nitrogens with zero attached hydrogens (tertiary/aromatic N) is 3. The average Bonchev–Trinajstić information content (AvgIpc) is 2.93. The summed E-state index contributed by atoms with van der Waals surface area (Å²) in [6.07, 6.45) is 3.70. The highest BCUT2D eigenvalue weighted by Gasteiger charge is 2.59. The maximum Gasteiger partial charge on any atom is 0.370 e. The fraction of sp³-hybridized carbons (Fsp3) is 0.421. The Kier molecular flexibility index (Phi) is 4.81. The fourth-order valence-electron chi connectivity index (χ4n) is 4.58. The summed E-state index contributed by atoms with van der Waals surface area (Å²) in [5.74, 6) is -2.32.